The first kappa shape index (κ1) is 13.7. The fourth-order valence-corrected chi connectivity index (χ4v) is 3.89. The van der Waals surface area contributed by atoms with Crippen LogP contribution >= 0.6 is 11.5 Å². The number of aryl methyl sites for hydroxylation is 3. The highest BCUT2D eigenvalue weighted by molar-refractivity contribution is 7.05. The number of rotatable bonds is 5. The summed E-state index contributed by atoms with van der Waals surface area (Å²) in [5.74, 6) is 0. The van der Waals surface area contributed by atoms with E-state index >= 15 is 0 Å². The molecule has 0 saturated carbocycles. The lowest BCUT2D eigenvalue weighted by Gasteiger charge is -2.16. The summed E-state index contributed by atoms with van der Waals surface area (Å²) in [6.45, 7) is 2.14. The third kappa shape index (κ3) is 2.63. The minimum absolute atomic E-state index is 0.324. The van der Waals surface area contributed by atoms with E-state index < -0.39 is 0 Å². The van der Waals surface area contributed by atoms with Crippen LogP contribution in [0.15, 0.2) is 18.2 Å². The van der Waals surface area contributed by atoms with E-state index in [1.54, 1.807) is 11.1 Å². The maximum Gasteiger partial charge on any atom is 0.0801 e. The van der Waals surface area contributed by atoms with Crippen LogP contribution < -0.4 is 5.32 Å². The second-order valence-electron chi connectivity index (χ2n) is 5.44. The van der Waals surface area contributed by atoms with Crippen molar-refractivity contribution in [2.24, 2.45) is 0 Å². The van der Waals surface area contributed by atoms with Gasteiger partial charge >= 0.3 is 0 Å². The molecule has 2 aromatic rings. The summed E-state index contributed by atoms with van der Waals surface area (Å²) < 4.78 is 4.11. The minimum Gasteiger partial charge on any atom is -0.312 e. The molecule has 3 nitrogen and oxygen atoms in total. The van der Waals surface area contributed by atoms with Gasteiger partial charge in [0, 0.05) is 6.04 Å². The average Bonchev–Trinajstić information content (AvgIpc) is 3.12. The van der Waals surface area contributed by atoms with Crippen molar-refractivity contribution < 1.29 is 0 Å². The van der Waals surface area contributed by atoms with Crippen molar-refractivity contribution >= 4 is 11.5 Å². The second-order valence-corrected chi connectivity index (χ2v) is 6.23. The van der Waals surface area contributed by atoms with E-state index in [9.17, 15) is 0 Å². The largest absolute Gasteiger partial charge is 0.312 e. The van der Waals surface area contributed by atoms with Crippen LogP contribution in [0.5, 0.6) is 0 Å². The Hall–Kier alpha value is -1.26. The molecule has 0 aliphatic heterocycles. The summed E-state index contributed by atoms with van der Waals surface area (Å²) >= 11 is 1.53. The zero-order valence-corrected chi connectivity index (χ0v) is 13.0. The summed E-state index contributed by atoms with van der Waals surface area (Å²) in [5, 5.41) is 7.66. The number of nitrogens with one attached hydrogen (secondary N) is 1. The lowest BCUT2D eigenvalue weighted by atomic mass is 9.99. The third-order valence-electron chi connectivity index (χ3n) is 4.19. The summed E-state index contributed by atoms with van der Waals surface area (Å²) in [7, 11) is 2.02. The predicted octanol–water partition coefficient (Wildman–Crippen LogP) is 3.09. The number of hydrogen-bond acceptors (Lipinski definition) is 4. The van der Waals surface area contributed by atoms with Crippen molar-refractivity contribution in [2.75, 3.05) is 7.05 Å². The number of aromatic nitrogens is 2. The summed E-state index contributed by atoms with van der Waals surface area (Å²) in [5.41, 5.74) is 5.65. The van der Waals surface area contributed by atoms with Crippen molar-refractivity contribution in [3.8, 4) is 0 Å². The fourth-order valence-electron chi connectivity index (χ4n) is 3.04. The Bertz CT molecular complexity index is 591. The Labute approximate surface area is 124 Å². The van der Waals surface area contributed by atoms with Crippen molar-refractivity contribution in [3.63, 3.8) is 0 Å². The van der Waals surface area contributed by atoms with Crippen molar-refractivity contribution in [1.82, 2.24) is 14.9 Å². The van der Waals surface area contributed by atoms with E-state index in [1.165, 1.54) is 41.2 Å². The van der Waals surface area contributed by atoms with Gasteiger partial charge < -0.3 is 5.32 Å². The first-order valence-electron chi connectivity index (χ1n) is 7.41. The summed E-state index contributed by atoms with van der Waals surface area (Å²) in [6, 6.07) is 7.32. The Morgan fingerprint density at radius 1 is 1.30 bits per heavy atom. The van der Waals surface area contributed by atoms with E-state index in [2.05, 4.69) is 40.0 Å². The monoisotopic (exact) mass is 287 g/mol. The van der Waals surface area contributed by atoms with Crippen LogP contribution in [0, 0.1) is 0 Å². The van der Waals surface area contributed by atoms with E-state index in [4.69, 9.17) is 0 Å². The first-order chi connectivity index (χ1) is 9.81. The molecule has 0 spiro atoms. The van der Waals surface area contributed by atoms with Gasteiger partial charge in [-0.15, -0.1) is 5.10 Å². The zero-order chi connectivity index (χ0) is 13.9. The molecule has 1 N–H and O–H groups in total. The maximum absolute atomic E-state index is 4.23. The average molecular weight is 287 g/mol. The van der Waals surface area contributed by atoms with Crippen molar-refractivity contribution in [1.29, 1.82) is 0 Å². The van der Waals surface area contributed by atoms with Crippen LogP contribution in [0.1, 0.15) is 46.6 Å². The molecular weight excluding hydrogens is 266 g/mol. The van der Waals surface area contributed by atoms with Gasteiger partial charge in [-0.25, -0.2) is 0 Å². The molecule has 20 heavy (non-hydrogen) atoms. The van der Waals surface area contributed by atoms with Crippen molar-refractivity contribution in [3.05, 3.63) is 45.5 Å². The standard InChI is InChI=1S/C16H21N3S/c1-3-14-16(20-19-18-14)15(17-2)10-11-7-8-12-5-4-6-13(12)9-11/h7-9,15,17H,3-6,10H2,1-2H3. The van der Waals surface area contributed by atoms with Crippen LogP contribution in [0.4, 0.5) is 0 Å². The molecule has 4 heteroatoms. The highest BCUT2D eigenvalue weighted by atomic mass is 32.1. The van der Waals surface area contributed by atoms with Crippen LogP contribution in [0.3, 0.4) is 0 Å². The molecule has 1 unspecified atom stereocenters. The Morgan fingerprint density at radius 3 is 2.95 bits per heavy atom. The number of likely N-dealkylation sites (N-methyl/N-ethyl adjacent to an activating group) is 1. The highest BCUT2D eigenvalue weighted by Crippen LogP contribution is 2.27. The molecule has 1 aliphatic carbocycles. The number of benzene rings is 1. The molecular formula is C16H21N3S. The zero-order valence-electron chi connectivity index (χ0n) is 12.1. The van der Waals surface area contributed by atoms with Gasteiger partial charge in [-0.3, -0.25) is 0 Å². The van der Waals surface area contributed by atoms with E-state index in [0.29, 0.717) is 6.04 Å². The number of hydrogen-bond donors (Lipinski definition) is 1. The first-order valence-corrected chi connectivity index (χ1v) is 8.18. The molecule has 0 bridgehead atoms. The molecule has 1 aromatic carbocycles. The van der Waals surface area contributed by atoms with E-state index in [1.807, 2.05) is 7.05 Å². The maximum atomic E-state index is 4.23. The molecule has 1 aromatic heterocycles. The lowest BCUT2D eigenvalue weighted by molar-refractivity contribution is 0.595. The lowest BCUT2D eigenvalue weighted by Crippen LogP contribution is -2.19. The minimum atomic E-state index is 0.324. The van der Waals surface area contributed by atoms with Gasteiger partial charge in [0.15, 0.2) is 0 Å². The topological polar surface area (TPSA) is 37.8 Å². The van der Waals surface area contributed by atoms with Gasteiger partial charge in [-0.05, 0) is 67.4 Å². The molecule has 1 atom stereocenters. The van der Waals surface area contributed by atoms with Crippen LogP contribution in [-0.2, 0) is 25.7 Å². The summed E-state index contributed by atoms with van der Waals surface area (Å²) in [6.07, 6.45) is 5.78. The quantitative estimate of drug-likeness (QED) is 0.918. The van der Waals surface area contributed by atoms with Gasteiger partial charge in [0.25, 0.3) is 0 Å². The Morgan fingerprint density at radius 2 is 2.15 bits per heavy atom. The fraction of sp³-hybridized carbons (Fsp3) is 0.500. The molecule has 1 aliphatic rings. The SMILES string of the molecule is CCc1nnsc1C(Cc1ccc2c(c1)CCC2)NC. The third-order valence-corrected chi connectivity index (χ3v) is 5.07. The van der Waals surface area contributed by atoms with Gasteiger partial charge in [-0.1, -0.05) is 29.6 Å². The molecule has 0 saturated heterocycles. The van der Waals surface area contributed by atoms with Gasteiger partial charge in [0.2, 0.25) is 0 Å². The van der Waals surface area contributed by atoms with Crippen LogP contribution in [-0.4, -0.2) is 16.6 Å². The Kier molecular flexibility index (Phi) is 4.13. The highest BCUT2D eigenvalue weighted by Gasteiger charge is 2.18. The van der Waals surface area contributed by atoms with E-state index in [-0.39, 0.29) is 0 Å². The molecule has 0 radical (unpaired) electrons. The van der Waals surface area contributed by atoms with Gasteiger partial charge in [-0.2, -0.15) is 0 Å². The van der Waals surface area contributed by atoms with Crippen LogP contribution in [0.2, 0.25) is 0 Å². The molecule has 1 heterocycles. The molecule has 3 rings (SSSR count). The Balaban J connectivity index is 1.81. The number of nitrogens with zero attached hydrogens (tertiary/aromatic N) is 2. The number of fused-ring (bicyclic) bond motifs is 1. The molecule has 106 valence electrons. The second kappa shape index (κ2) is 6.02. The van der Waals surface area contributed by atoms with Crippen molar-refractivity contribution in [2.45, 2.75) is 45.1 Å². The smallest absolute Gasteiger partial charge is 0.0801 e. The van der Waals surface area contributed by atoms with Gasteiger partial charge in [0.05, 0.1) is 10.6 Å². The molecule has 0 amide bonds. The molecule has 0 fully saturated rings. The summed E-state index contributed by atoms with van der Waals surface area (Å²) in [4.78, 5) is 1.29. The predicted molar refractivity (Wildman–Crippen MR) is 83.3 cm³/mol. The van der Waals surface area contributed by atoms with Gasteiger partial charge in [0.1, 0.15) is 0 Å². The van der Waals surface area contributed by atoms with E-state index in [0.717, 1.165) is 18.5 Å². The van der Waals surface area contributed by atoms with Crippen LogP contribution in [0.25, 0.3) is 0 Å². The normalized spacial score (nSPS) is 15.3.